The maximum absolute atomic E-state index is 6.01. The highest BCUT2D eigenvalue weighted by molar-refractivity contribution is 9.10. The molecule has 0 atom stereocenters. The molecule has 1 aliphatic rings. The fourth-order valence-corrected chi connectivity index (χ4v) is 2.94. The maximum Gasteiger partial charge on any atom is 0.0731 e. The third kappa shape index (κ3) is 3.72. The van der Waals surface area contributed by atoms with E-state index in [2.05, 4.69) is 29.8 Å². The highest BCUT2D eigenvalue weighted by Gasteiger charge is 2.27. The van der Waals surface area contributed by atoms with Crippen molar-refractivity contribution >= 4 is 21.6 Å². The molecule has 0 unspecified atom stereocenters. The van der Waals surface area contributed by atoms with E-state index >= 15 is 0 Å². The van der Waals surface area contributed by atoms with Crippen LogP contribution in [0.5, 0.6) is 0 Å². The summed E-state index contributed by atoms with van der Waals surface area (Å²) in [5, 5.41) is 0. The Balaban J connectivity index is 1.85. The molecule has 0 aromatic heterocycles. The summed E-state index contributed by atoms with van der Waals surface area (Å²) in [6.07, 6.45) is 5.31. The van der Waals surface area contributed by atoms with E-state index in [9.17, 15) is 0 Å². The first-order valence-corrected chi connectivity index (χ1v) is 7.41. The third-order valence-corrected chi connectivity index (χ3v) is 4.58. The molecule has 1 saturated carbocycles. The van der Waals surface area contributed by atoms with Crippen LogP contribution < -0.4 is 5.73 Å². The van der Waals surface area contributed by atoms with E-state index in [0.717, 1.165) is 10.2 Å². The molecular formula is C15H22BrNO. The molecule has 0 saturated heterocycles. The van der Waals surface area contributed by atoms with Crippen LogP contribution >= 0.6 is 15.9 Å². The lowest BCUT2D eigenvalue weighted by molar-refractivity contribution is -0.00579. The van der Waals surface area contributed by atoms with Crippen LogP contribution in [0, 0.1) is 5.41 Å². The van der Waals surface area contributed by atoms with Crippen LogP contribution in [0.25, 0.3) is 0 Å². The average Bonchev–Trinajstić information content (AvgIpc) is 2.29. The summed E-state index contributed by atoms with van der Waals surface area (Å²) in [5.41, 5.74) is 8.18. The van der Waals surface area contributed by atoms with Gasteiger partial charge in [-0.3, -0.25) is 0 Å². The van der Waals surface area contributed by atoms with Crippen molar-refractivity contribution in [2.24, 2.45) is 5.41 Å². The predicted octanol–water partition coefficient (Wildman–Crippen LogP) is 4.52. The Bertz CT molecular complexity index is 407. The fraction of sp³-hybridized carbons (Fsp3) is 0.600. The van der Waals surface area contributed by atoms with Gasteiger partial charge in [-0.15, -0.1) is 0 Å². The third-order valence-electron chi connectivity index (χ3n) is 3.84. The second kappa shape index (κ2) is 5.62. The van der Waals surface area contributed by atoms with Gasteiger partial charge < -0.3 is 10.5 Å². The van der Waals surface area contributed by atoms with Crippen LogP contribution in [0.15, 0.2) is 22.7 Å². The lowest BCUT2D eigenvalue weighted by Gasteiger charge is -2.34. The van der Waals surface area contributed by atoms with Crippen LogP contribution in [-0.2, 0) is 11.3 Å². The standard InChI is InChI=1S/C15H22BrNO/c1-15(2)7-5-13(6-8-15)18-10-11-3-4-12(17)9-14(11)16/h3-4,9,13H,5-8,10,17H2,1-2H3. The van der Waals surface area contributed by atoms with Crippen molar-refractivity contribution < 1.29 is 4.74 Å². The highest BCUT2D eigenvalue weighted by Crippen LogP contribution is 2.36. The van der Waals surface area contributed by atoms with Crippen molar-refractivity contribution in [1.29, 1.82) is 0 Å². The largest absolute Gasteiger partial charge is 0.399 e. The smallest absolute Gasteiger partial charge is 0.0731 e. The Kier molecular flexibility index (Phi) is 4.33. The first kappa shape index (κ1) is 13.9. The van der Waals surface area contributed by atoms with E-state index in [4.69, 9.17) is 10.5 Å². The van der Waals surface area contributed by atoms with E-state index < -0.39 is 0 Å². The van der Waals surface area contributed by atoms with Gasteiger partial charge in [0.2, 0.25) is 0 Å². The molecule has 0 amide bonds. The molecule has 2 nitrogen and oxygen atoms in total. The second-order valence-electron chi connectivity index (χ2n) is 6.03. The molecule has 0 spiro atoms. The topological polar surface area (TPSA) is 35.2 Å². The van der Waals surface area contributed by atoms with Gasteiger partial charge in [-0.1, -0.05) is 35.8 Å². The number of hydrogen-bond donors (Lipinski definition) is 1. The first-order chi connectivity index (χ1) is 8.46. The predicted molar refractivity (Wildman–Crippen MR) is 79.4 cm³/mol. The molecule has 0 radical (unpaired) electrons. The lowest BCUT2D eigenvalue weighted by Crippen LogP contribution is -2.26. The number of nitrogens with two attached hydrogens (primary N) is 1. The van der Waals surface area contributed by atoms with Gasteiger partial charge in [0.1, 0.15) is 0 Å². The van der Waals surface area contributed by atoms with Crippen LogP contribution in [0.4, 0.5) is 5.69 Å². The summed E-state index contributed by atoms with van der Waals surface area (Å²) in [5.74, 6) is 0. The molecular weight excluding hydrogens is 290 g/mol. The van der Waals surface area contributed by atoms with E-state index in [1.807, 2.05) is 18.2 Å². The second-order valence-corrected chi connectivity index (χ2v) is 6.88. The Morgan fingerprint density at radius 2 is 2.00 bits per heavy atom. The molecule has 2 N–H and O–H groups in total. The maximum atomic E-state index is 6.01. The van der Waals surface area contributed by atoms with Crippen molar-refractivity contribution in [3.63, 3.8) is 0 Å². The number of rotatable bonds is 3. The Labute approximate surface area is 118 Å². The van der Waals surface area contributed by atoms with Gasteiger partial charge in [0, 0.05) is 10.2 Å². The van der Waals surface area contributed by atoms with E-state index in [1.165, 1.54) is 31.2 Å². The SMILES string of the molecule is CC1(C)CCC(OCc2ccc(N)cc2Br)CC1. The van der Waals surface area contributed by atoms with Crippen LogP contribution in [0.2, 0.25) is 0 Å². The lowest BCUT2D eigenvalue weighted by atomic mass is 9.76. The van der Waals surface area contributed by atoms with Gasteiger partial charge in [0.25, 0.3) is 0 Å². The quantitative estimate of drug-likeness (QED) is 0.833. The zero-order valence-corrected chi connectivity index (χ0v) is 12.8. The van der Waals surface area contributed by atoms with E-state index in [0.29, 0.717) is 18.1 Å². The van der Waals surface area contributed by atoms with Crippen molar-refractivity contribution in [2.75, 3.05) is 5.73 Å². The molecule has 1 fully saturated rings. The van der Waals surface area contributed by atoms with Gasteiger partial charge in [0.15, 0.2) is 0 Å². The zero-order valence-electron chi connectivity index (χ0n) is 11.2. The number of benzene rings is 1. The summed E-state index contributed by atoms with van der Waals surface area (Å²) in [6, 6.07) is 5.89. The average molecular weight is 312 g/mol. The number of nitrogen functional groups attached to an aromatic ring is 1. The zero-order chi connectivity index (χ0) is 13.2. The normalized spacial score (nSPS) is 19.9. The van der Waals surface area contributed by atoms with Crippen molar-refractivity contribution in [3.05, 3.63) is 28.2 Å². The minimum atomic E-state index is 0.419. The molecule has 3 heteroatoms. The minimum absolute atomic E-state index is 0.419. The first-order valence-electron chi connectivity index (χ1n) is 6.62. The molecule has 100 valence electrons. The van der Waals surface area contributed by atoms with Gasteiger partial charge in [-0.05, 0) is 48.8 Å². The molecule has 0 aliphatic heterocycles. The molecule has 1 aromatic rings. The summed E-state index contributed by atoms with van der Waals surface area (Å²) in [7, 11) is 0. The van der Waals surface area contributed by atoms with Gasteiger partial charge >= 0.3 is 0 Å². The van der Waals surface area contributed by atoms with Gasteiger partial charge in [0.05, 0.1) is 12.7 Å². The van der Waals surface area contributed by atoms with Gasteiger partial charge in [-0.2, -0.15) is 0 Å². The Morgan fingerprint density at radius 1 is 1.33 bits per heavy atom. The minimum Gasteiger partial charge on any atom is -0.399 e. The molecule has 2 rings (SSSR count). The summed E-state index contributed by atoms with van der Waals surface area (Å²) in [6.45, 7) is 5.37. The number of halogens is 1. The van der Waals surface area contributed by atoms with Crippen LogP contribution in [0.3, 0.4) is 0 Å². The summed E-state index contributed by atoms with van der Waals surface area (Å²) in [4.78, 5) is 0. The Hall–Kier alpha value is -0.540. The molecule has 0 bridgehead atoms. The molecule has 1 aliphatic carbocycles. The molecule has 0 heterocycles. The van der Waals surface area contributed by atoms with E-state index in [1.54, 1.807) is 0 Å². The fourth-order valence-electron chi connectivity index (χ4n) is 2.43. The summed E-state index contributed by atoms with van der Waals surface area (Å²) >= 11 is 3.53. The molecule has 18 heavy (non-hydrogen) atoms. The molecule has 1 aromatic carbocycles. The van der Waals surface area contributed by atoms with Crippen molar-refractivity contribution in [2.45, 2.75) is 52.2 Å². The monoisotopic (exact) mass is 311 g/mol. The van der Waals surface area contributed by atoms with Crippen LogP contribution in [0.1, 0.15) is 45.1 Å². The van der Waals surface area contributed by atoms with E-state index in [-0.39, 0.29) is 0 Å². The summed E-state index contributed by atoms with van der Waals surface area (Å²) < 4.78 is 7.05. The van der Waals surface area contributed by atoms with Gasteiger partial charge in [-0.25, -0.2) is 0 Å². The number of anilines is 1. The number of hydrogen-bond acceptors (Lipinski definition) is 2. The Morgan fingerprint density at radius 3 is 2.61 bits per heavy atom. The van der Waals surface area contributed by atoms with Crippen molar-refractivity contribution in [1.82, 2.24) is 0 Å². The van der Waals surface area contributed by atoms with Crippen LogP contribution in [-0.4, -0.2) is 6.10 Å². The number of ether oxygens (including phenoxy) is 1. The van der Waals surface area contributed by atoms with Crippen molar-refractivity contribution in [3.8, 4) is 0 Å². The highest BCUT2D eigenvalue weighted by atomic mass is 79.9.